The minimum absolute atomic E-state index is 0.320. The summed E-state index contributed by atoms with van der Waals surface area (Å²) in [5, 5.41) is 4.22. The number of nitrogens with zero attached hydrogens (tertiary/aromatic N) is 2. The van der Waals surface area contributed by atoms with Gasteiger partial charge in [0.05, 0.1) is 26.2 Å². The van der Waals surface area contributed by atoms with E-state index in [0.717, 1.165) is 33.6 Å². The Kier molecular flexibility index (Phi) is 6.30. The van der Waals surface area contributed by atoms with Gasteiger partial charge in [-0.05, 0) is 43.5 Å². The van der Waals surface area contributed by atoms with Crippen molar-refractivity contribution in [2.45, 2.75) is 20.3 Å². The molecule has 0 atom stereocenters. The summed E-state index contributed by atoms with van der Waals surface area (Å²) in [5.74, 6) is 1.81. The largest absolute Gasteiger partial charge is 0.493 e. The second-order valence-electron chi connectivity index (χ2n) is 6.05. The number of carbonyl (C=O) groups excluding carboxylic acids is 1. The number of aromatic nitrogens is 2. The molecule has 1 aromatic carbocycles. The molecule has 0 radical (unpaired) electrons. The minimum atomic E-state index is -0.320. The van der Waals surface area contributed by atoms with E-state index in [2.05, 4.69) is 15.3 Å². The molecule has 0 bridgehead atoms. The number of thiophene rings is 1. The average Bonchev–Trinajstić information content (AvgIpc) is 3.05. The average molecular weight is 401 g/mol. The summed E-state index contributed by atoms with van der Waals surface area (Å²) >= 11 is 1.33. The van der Waals surface area contributed by atoms with Gasteiger partial charge in [0.25, 0.3) is 0 Å². The first-order valence-electron chi connectivity index (χ1n) is 8.95. The van der Waals surface area contributed by atoms with Crippen molar-refractivity contribution in [2.75, 3.05) is 32.7 Å². The second kappa shape index (κ2) is 8.88. The van der Waals surface area contributed by atoms with E-state index in [1.807, 2.05) is 25.1 Å². The number of benzene rings is 1. The first-order chi connectivity index (χ1) is 13.6. The zero-order valence-corrected chi connectivity index (χ0v) is 17.2. The lowest BCUT2D eigenvalue weighted by Gasteiger charge is -2.11. The number of hydrogen-bond acceptors (Lipinski definition) is 8. The lowest BCUT2D eigenvalue weighted by molar-refractivity contribution is 0.0531. The fraction of sp³-hybridized carbons (Fsp3) is 0.350. The van der Waals surface area contributed by atoms with E-state index in [1.54, 1.807) is 21.1 Å². The van der Waals surface area contributed by atoms with Gasteiger partial charge < -0.3 is 19.5 Å². The van der Waals surface area contributed by atoms with Crippen LogP contribution in [-0.2, 0) is 11.2 Å². The molecule has 2 aromatic heterocycles. The smallest absolute Gasteiger partial charge is 0.348 e. The zero-order chi connectivity index (χ0) is 20.1. The molecule has 0 amide bonds. The number of hydrogen-bond donors (Lipinski definition) is 1. The summed E-state index contributed by atoms with van der Waals surface area (Å²) in [6.07, 6.45) is 2.28. The highest BCUT2D eigenvalue weighted by Crippen LogP contribution is 2.34. The lowest BCUT2D eigenvalue weighted by Crippen LogP contribution is -2.07. The van der Waals surface area contributed by atoms with E-state index in [9.17, 15) is 4.79 Å². The molecular formula is C20H23N3O4S. The quantitative estimate of drug-likeness (QED) is 0.574. The van der Waals surface area contributed by atoms with E-state index in [4.69, 9.17) is 14.2 Å². The summed E-state index contributed by atoms with van der Waals surface area (Å²) in [4.78, 5) is 22.2. The Morgan fingerprint density at radius 1 is 1.18 bits per heavy atom. The number of aryl methyl sites for hydroxylation is 1. The third-order valence-corrected chi connectivity index (χ3v) is 5.52. The van der Waals surface area contributed by atoms with Crippen LogP contribution in [0.5, 0.6) is 11.5 Å². The van der Waals surface area contributed by atoms with Crippen molar-refractivity contribution in [3.63, 3.8) is 0 Å². The second-order valence-corrected chi connectivity index (χ2v) is 7.04. The van der Waals surface area contributed by atoms with E-state index < -0.39 is 0 Å². The maximum absolute atomic E-state index is 12.2. The molecule has 0 saturated heterocycles. The number of rotatable bonds is 8. The van der Waals surface area contributed by atoms with Gasteiger partial charge in [0.15, 0.2) is 11.5 Å². The molecule has 3 rings (SSSR count). The molecule has 0 spiro atoms. The molecule has 28 heavy (non-hydrogen) atoms. The Morgan fingerprint density at radius 2 is 1.96 bits per heavy atom. The summed E-state index contributed by atoms with van der Waals surface area (Å²) < 4.78 is 15.8. The topological polar surface area (TPSA) is 82.6 Å². The van der Waals surface area contributed by atoms with Crippen LogP contribution in [0.1, 0.15) is 27.7 Å². The minimum Gasteiger partial charge on any atom is -0.493 e. The molecule has 2 heterocycles. The molecule has 0 saturated carbocycles. The summed E-state index contributed by atoms with van der Waals surface area (Å²) in [7, 11) is 3.24. The highest BCUT2D eigenvalue weighted by molar-refractivity contribution is 7.20. The van der Waals surface area contributed by atoms with Crippen LogP contribution in [0.4, 0.5) is 5.82 Å². The fourth-order valence-electron chi connectivity index (χ4n) is 2.96. The predicted octanol–water partition coefficient (Wildman–Crippen LogP) is 3.85. The van der Waals surface area contributed by atoms with Gasteiger partial charge in [0, 0.05) is 6.54 Å². The van der Waals surface area contributed by atoms with Gasteiger partial charge in [-0.3, -0.25) is 0 Å². The summed E-state index contributed by atoms with van der Waals surface area (Å²) in [5.41, 5.74) is 1.96. The standard InChI is InChI=1S/C20H23N3O4S/c1-5-27-20(24)17-12(2)16-18(22-11-23-19(16)28-17)21-9-8-13-6-7-14(25-3)15(10-13)26-4/h6-7,10-11H,5,8-9H2,1-4H3,(H,21,22,23). The SMILES string of the molecule is CCOC(=O)c1sc2ncnc(NCCc3ccc(OC)c(OC)c3)c2c1C. The van der Waals surface area contributed by atoms with Gasteiger partial charge >= 0.3 is 5.97 Å². The predicted molar refractivity (Wildman–Crippen MR) is 110 cm³/mol. The van der Waals surface area contributed by atoms with E-state index >= 15 is 0 Å². The lowest BCUT2D eigenvalue weighted by atomic mass is 10.1. The number of methoxy groups -OCH3 is 2. The Morgan fingerprint density at radius 3 is 2.68 bits per heavy atom. The molecule has 7 nitrogen and oxygen atoms in total. The fourth-order valence-corrected chi connectivity index (χ4v) is 4.00. The molecule has 0 unspecified atom stereocenters. The van der Waals surface area contributed by atoms with Crippen LogP contribution in [0, 0.1) is 6.92 Å². The van der Waals surface area contributed by atoms with Crippen molar-refractivity contribution < 1.29 is 19.0 Å². The Bertz CT molecular complexity index is 987. The number of ether oxygens (including phenoxy) is 3. The highest BCUT2D eigenvalue weighted by Gasteiger charge is 2.20. The van der Waals surface area contributed by atoms with Gasteiger partial charge in [-0.15, -0.1) is 11.3 Å². The first-order valence-corrected chi connectivity index (χ1v) is 9.76. The van der Waals surface area contributed by atoms with Crippen LogP contribution in [0.2, 0.25) is 0 Å². The number of nitrogens with one attached hydrogen (secondary N) is 1. The molecule has 3 aromatic rings. The number of carbonyl (C=O) groups is 1. The number of fused-ring (bicyclic) bond motifs is 1. The van der Waals surface area contributed by atoms with Crippen LogP contribution in [0.25, 0.3) is 10.2 Å². The van der Waals surface area contributed by atoms with Crippen molar-refractivity contribution in [3.05, 3.63) is 40.5 Å². The maximum Gasteiger partial charge on any atom is 0.348 e. The third kappa shape index (κ3) is 4.01. The van der Waals surface area contributed by atoms with Crippen LogP contribution in [0.15, 0.2) is 24.5 Å². The third-order valence-electron chi connectivity index (χ3n) is 4.34. The van der Waals surface area contributed by atoms with E-state index in [1.165, 1.54) is 17.7 Å². The molecule has 0 fully saturated rings. The molecule has 0 aliphatic rings. The van der Waals surface area contributed by atoms with Crippen LogP contribution >= 0.6 is 11.3 Å². The van der Waals surface area contributed by atoms with Crippen LogP contribution in [0.3, 0.4) is 0 Å². The van der Waals surface area contributed by atoms with Crippen LogP contribution < -0.4 is 14.8 Å². The van der Waals surface area contributed by atoms with Gasteiger partial charge in [-0.1, -0.05) is 6.07 Å². The normalized spacial score (nSPS) is 10.7. The van der Waals surface area contributed by atoms with Crippen molar-refractivity contribution in [1.82, 2.24) is 9.97 Å². The molecule has 1 N–H and O–H groups in total. The van der Waals surface area contributed by atoms with Gasteiger partial charge in [-0.2, -0.15) is 0 Å². The monoisotopic (exact) mass is 401 g/mol. The molecule has 0 aliphatic heterocycles. The summed E-state index contributed by atoms with van der Waals surface area (Å²) in [6, 6.07) is 5.86. The van der Waals surface area contributed by atoms with E-state index in [-0.39, 0.29) is 5.97 Å². The van der Waals surface area contributed by atoms with Crippen molar-refractivity contribution >= 4 is 33.3 Å². The summed E-state index contributed by atoms with van der Waals surface area (Å²) in [6.45, 7) is 4.70. The van der Waals surface area contributed by atoms with E-state index in [0.29, 0.717) is 29.5 Å². The van der Waals surface area contributed by atoms with Crippen molar-refractivity contribution in [2.24, 2.45) is 0 Å². The Balaban J connectivity index is 1.77. The first kappa shape index (κ1) is 19.9. The Hall–Kier alpha value is -2.87. The Labute approximate surface area is 167 Å². The highest BCUT2D eigenvalue weighted by atomic mass is 32.1. The molecule has 148 valence electrons. The van der Waals surface area contributed by atoms with Gasteiger partial charge in [0.1, 0.15) is 21.9 Å². The zero-order valence-electron chi connectivity index (χ0n) is 16.4. The van der Waals surface area contributed by atoms with Gasteiger partial charge in [0.2, 0.25) is 0 Å². The van der Waals surface area contributed by atoms with Crippen molar-refractivity contribution in [3.8, 4) is 11.5 Å². The van der Waals surface area contributed by atoms with Gasteiger partial charge in [-0.25, -0.2) is 14.8 Å². The van der Waals surface area contributed by atoms with Crippen molar-refractivity contribution in [1.29, 1.82) is 0 Å². The number of esters is 1. The molecular weight excluding hydrogens is 378 g/mol. The number of anilines is 1. The molecule has 8 heteroatoms. The van der Waals surface area contributed by atoms with Crippen LogP contribution in [-0.4, -0.2) is 43.3 Å². The maximum atomic E-state index is 12.2. The molecule has 0 aliphatic carbocycles.